The highest BCUT2D eigenvalue weighted by Crippen LogP contribution is 2.27. The van der Waals surface area contributed by atoms with Crippen molar-refractivity contribution in [3.63, 3.8) is 0 Å². The smallest absolute Gasteiger partial charge is 0.326 e. The first-order valence-electron chi connectivity index (χ1n) is 28.5. The maximum absolute atomic E-state index is 14.7. The number of amides is 8. The number of nitrogens with zero attached hydrogens (tertiary/aromatic N) is 2. The molecule has 0 saturated carbocycles. The first kappa shape index (κ1) is 63.0. The molecule has 3 heterocycles. The largest absolute Gasteiger partial charge is 0.480 e. The van der Waals surface area contributed by atoms with Crippen molar-refractivity contribution in [3.05, 3.63) is 71.9 Å². The number of aromatic nitrogens is 1. The normalized spacial score (nSPS) is 18.9. The molecule has 1 aromatic heterocycles. The van der Waals surface area contributed by atoms with Crippen LogP contribution < -0.4 is 37.6 Å². The molecule has 11 atom stereocenters. The first-order valence-corrected chi connectivity index (χ1v) is 28.5. The Kier molecular flexibility index (Phi) is 23.5. The lowest BCUT2D eigenvalue weighted by Crippen LogP contribution is -2.61. The van der Waals surface area contributed by atoms with Gasteiger partial charge in [-0.3, -0.25) is 38.4 Å². The Bertz CT molecular complexity index is 2590. The van der Waals surface area contributed by atoms with E-state index in [4.69, 9.17) is 5.73 Å². The third kappa shape index (κ3) is 17.1. The van der Waals surface area contributed by atoms with Crippen LogP contribution in [0, 0.1) is 29.6 Å². The number of nitrogens with one attached hydrogen (secondary N) is 7. The van der Waals surface area contributed by atoms with Crippen LogP contribution >= 0.6 is 0 Å². The minimum absolute atomic E-state index is 0.00602. The zero-order valence-corrected chi connectivity index (χ0v) is 47.9. The standard InChI is InChI=1S/C59H88N10O10/c1-11-36(9)48(60)55(74)67-50(37(10)12-2)56(75)64-42(28-33(3)4)53(72)66-49(35(7)8)58(77)69-27-19-25-47(69)57(76)68-26-18-24-46(68)54(73)63-43(30-38-20-14-13-15-21-38)51(70)62-44(52(71)65-45(59(78)79)29-34(5)6)31-39-32-61-41-23-17-16-22-40(39)41/h13-17,20-23,32-37,42-50,61H,11-12,18-19,24-31,60H2,1-10H3,(H,62,70)(H,63,73)(H,64,75)(H,65,71)(H,66,72)(H,67,74)(H,78,79)/t36-,37-,42-,43-,44-,45-,46-,47-,48-,49-,50-/m0/s1. The number of aliphatic carboxylic acids is 1. The van der Waals surface area contributed by atoms with Crippen molar-refractivity contribution in [2.75, 3.05) is 13.1 Å². The topological polar surface area (TPSA) is 294 Å². The van der Waals surface area contributed by atoms with E-state index < -0.39 is 114 Å². The molecule has 0 spiro atoms. The lowest BCUT2D eigenvalue weighted by Gasteiger charge is -2.35. The van der Waals surface area contributed by atoms with Gasteiger partial charge in [-0.2, -0.15) is 0 Å². The van der Waals surface area contributed by atoms with Gasteiger partial charge in [-0.25, -0.2) is 4.79 Å². The minimum atomic E-state index is -1.26. The molecule has 20 nitrogen and oxygen atoms in total. The number of likely N-dealkylation sites (tertiary alicyclic amines) is 2. The predicted molar refractivity (Wildman–Crippen MR) is 301 cm³/mol. The van der Waals surface area contributed by atoms with Crippen molar-refractivity contribution < 1.29 is 48.3 Å². The van der Waals surface area contributed by atoms with Gasteiger partial charge in [-0.1, -0.05) is 131 Å². The van der Waals surface area contributed by atoms with Gasteiger partial charge >= 0.3 is 5.97 Å². The number of carboxylic acid groups (broad SMARTS) is 1. The molecule has 0 bridgehead atoms. The molecule has 2 aliphatic rings. The Morgan fingerprint density at radius 1 is 0.595 bits per heavy atom. The molecule has 2 aromatic carbocycles. The Morgan fingerprint density at radius 3 is 1.73 bits per heavy atom. The van der Waals surface area contributed by atoms with E-state index >= 15 is 0 Å². The van der Waals surface area contributed by atoms with Gasteiger partial charge in [0.05, 0.1) is 6.04 Å². The molecule has 0 radical (unpaired) electrons. The van der Waals surface area contributed by atoms with Gasteiger partial charge < -0.3 is 57.5 Å². The number of nitrogens with two attached hydrogens (primary N) is 1. The van der Waals surface area contributed by atoms with Crippen LogP contribution in [0.4, 0.5) is 0 Å². The van der Waals surface area contributed by atoms with Crippen molar-refractivity contribution in [1.82, 2.24) is 46.7 Å². The average Bonchev–Trinajstić information content (AvgIpc) is 4.23. The number of carbonyl (C=O) groups excluding carboxylic acids is 8. The van der Waals surface area contributed by atoms with Crippen LogP contribution in [0.25, 0.3) is 10.9 Å². The maximum Gasteiger partial charge on any atom is 0.326 e. The van der Waals surface area contributed by atoms with Gasteiger partial charge in [0.15, 0.2) is 0 Å². The number of H-pyrrole nitrogens is 1. The van der Waals surface area contributed by atoms with Crippen molar-refractivity contribution in [3.8, 4) is 0 Å². The van der Waals surface area contributed by atoms with Crippen LogP contribution in [0.3, 0.4) is 0 Å². The Hall–Kier alpha value is -6.83. The van der Waals surface area contributed by atoms with Gasteiger partial charge in [0.2, 0.25) is 47.3 Å². The number of benzene rings is 2. The summed E-state index contributed by atoms with van der Waals surface area (Å²) in [5, 5.41) is 27.8. The van der Waals surface area contributed by atoms with Crippen LogP contribution in [0.2, 0.25) is 0 Å². The molecule has 434 valence electrons. The SMILES string of the molecule is CC[C@H](C)[C@H](N)C(=O)N[C@H](C(=O)N[C@@H](CC(C)C)C(=O)N[C@H](C(=O)N1CCC[C@H]1C(=O)N1CCC[C@H]1C(=O)N[C@@H](Cc1ccccc1)C(=O)N[C@@H](Cc1c[nH]c2ccccc12)C(=O)N[C@@H](CC(C)C)C(=O)O)C(C)C)[C@@H](C)CC. The lowest BCUT2D eigenvalue weighted by atomic mass is 9.94. The fourth-order valence-electron chi connectivity index (χ4n) is 10.5. The van der Waals surface area contributed by atoms with Gasteiger partial charge in [0.1, 0.15) is 48.3 Å². The van der Waals surface area contributed by atoms with Crippen molar-refractivity contribution >= 4 is 64.1 Å². The lowest BCUT2D eigenvalue weighted by molar-refractivity contribution is -0.148. The van der Waals surface area contributed by atoms with E-state index in [1.165, 1.54) is 9.80 Å². The second-order valence-corrected chi connectivity index (χ2v) is 23.0. The molecule has 3 aromatic rings. The van der Waals surface area contributed by atoms with Crippen LogP contribution in [-0.4, -0.2) is 141 Å². The molecule has 2 fully saturated rings. The number of rotatable bonds is 28. The van der Waals surface area contributed by atoms with Crippen LogP contribution in [0.15, 0.2) is 60.8 Å². The summed E-state index contributed by atoms with van der Waals surface area (Å²) in [6.07, 6.45) is 4.88. The van der Waals surface area contributed by atoms with E-state index in [2.05, 4.69) is 36.9 Å². The highest BCUT2D eigenvalue weighted by atomic mass is 16.4. The van der Waals surface area contributed by atoms with E-state index in [0.29, 0.717) is 43.2 Å². The molecule has 0 aliphatic carbocycles. The second kappa shape index (κ2) is 29.4. The van der Waals surface area contributed by atoms with E-state index in [-0.39, 0.29) is 68.9 Å². The van der Waals surface area contributed by atoms with Gasteiger partial charge in [-0.05, 0) is 85.3 Å². The number of carboxylic acids is 1. The molecule has 20 heteroatoms. The fourth-order valence-corrected chi connectivity index (χ4v) is 10.5. The molecule has 2 saturated heterocycles. The molecular formula is C59H88N10O10. The molecule has 5 rings (SSSR count). The number of carbonyl (C=O) groups is 9. The number of hydrogen-bond acceptors (Lipinski definition) is 10. The molecule has 2 aliphatic heterocycles. The summed E-state index contributed by atoms with van der Waals surface area (Å²) in [4.78, 5) is 133. The van der Waals surface area contributed by atoms with Crippen LogP contribution in [0.5, 0.6) is 0 Å². The summed E-state index contributed by atoms with van der Waals surface area (Å²) in [6.45, 7) is 19.0. The highest BCUT2D eigenvalue weighted by Gasteiger charge is 2.45. The zero-order valence-electron chi connectivity index (χ0n) is 47.9. The third-order valence-electron chi connectivity index (χ3n) is 15.6. The van der Waals surface area contributed by atoms with Crippen molar-refractivity contribution in [2.24, 2.45) is 35.3 Å². The van der Waals surface area contributed by atoms with E-state index in [1.807, 2.05) is 85.7 Å². The molecule has 10 N–H and O–H groups in total. The Labute approximate surface area is 465 Å². The summed E-state index contributed by atoms with van der Waals surface area (Å²) < 4.78 is 0. The second-order valence-electron chi connectivity index (χ2n) is 23.0. The Balaban J connectivity index is 1.34. The van der Waals surface area contributed by atoms with Crippen molar-refractivity contribution in [2.45, 2.75) is 188 Å². The highest BCUT2D eigenvalue weighted by molar-refractivity contribution is 5.99. The van der Waals surface area contributed by atoms with Gasteiger partial charge in [0, 0.05) is 43.0 Å². The number of hydrogen-bond donors (Lipinski definition) is 9. The van der Waals surface area contributed by atoms with E-state index in [9.17, 15) is 48.3 Å². The van der Waals surface area contributed by atoms with E-state index in [1.54, 1.807) is 44.3 Å². The summed E-state index contributed by atoms with van der Waals surface area (Å²) >= 11 is 0. The van der Waals surface area contributed by atoms with Crippen LogP contribution in [0.1, 0.15) is 132 Å². The quantitative estimate of drug-likeness (QED) is 0.0499. The predicted octanol–water partition coefficient (Wildman–Crippen LogP) is 4.10. The van der Waals surface area contributed by atoms with Gasteiger partial charge in [-0.15, -0.1) is 0 Å². The summed E-state index contributed by atoms with van der Waals surface area (Å²) in [7, 11) is 0. The number of para-hydroxylation sites is 1. The number of aromatic amines is 1. The third-order valence-corrected chi connectivity index (χ3v) is 15.6. The maximum atomic E-state index is 14.7. The average molecular weight is 1100 g/mol. The number of fused-ring (bicyclic) bond motifs is 1. The van der Waals surface area contributed by atoms with Crippen LogP contribution in [-0.2, 0) is 56.0 Å². The zero-order chi connectivity index (χ0) is 58.2. The Morgan fingerprint density at radius 2 is 1.13 bits per heavy atom. The minimum Gasteiger partial charge on any atom is -0.480 e. The molecular weight excluding hydrogens is 1010 g/mol. The summed E-state index contributed by atoms with van der Waals surface area (Å²) in [6, 6.07) is 6.81. The first-order chi connectivity index (χ1) is 37.4. The van der Waals surface area contributed by atoms with Gasteiger partial charge in [0.25, 0.3) is 0 Å². The summed E-state index contributed by atoms with van der Waals surface area (Å²) in [5.74, 6) is -6.73. The summed E-state index contributed by atoms with van der Waals surface area (Å²) in [5.41, 5.74) is 8.44. The van der Waals surface area contributed by atoms with Crippen molar-refractivity contribution in [1.29, 1.82) is 0 Å². The monoisotopic (exact) mass is 1100 g/mol. The molecule has 79 heavy (non-hydrogen) atoms. The van der Waals surface area contributed by atoms with E-state index in [0.717, 1.165) is 10.9 Å². The fraction of sp³-hybridized carbons (Fsp3) is 0.610. The molecule has 8 amide bonds. The molecule has 0 unspecified atom stereocenters.